The van der Waals surface area contributed by atoms with E-state index >= 15 is 0 Å². The van der Waals surface area contributed by atoms with E-state index in [4.69, 9.17) is 19.4 Å². The van der Waals surface area contributed by atoms with Crippen LogP contribution in [-0.4, -0.2) is 66.8 Å². The van der Waals surface area contributed by atoms with Gasteiger partial charge in [0.15, 0.2) is 0 Å². The maximum Gasteiger partial charge on any atom is 0.318 e. The van der Waals surface area contributed by atoms with Crippen molar-refractivity contribution in [1.82, 2.24) is 20.2 Å². The standard InChI is InChI=1S/C26H34N6O2/c1-18-6-3-4-8-21(18)24-14-23-22(17-33-24)25(32-13-11-28-19(15-32)9-10-27)30-26(29-23)34-16-20-7-5-12-31(20)2/h3-4,6,8,19-20,24,28H,5,7,9,11-17H2,1-2H3/t19-,20-,24?/m0/s1. The highest BCUT2D eigenvalue weighted by molar-refractivity contribution is 5.52. The van der Waals surface area contributed by atoms with Crippen LogP contribution in [0.5, 0.6) is 6.01 Å². The summed E-state index contributed by atoms with van der Waals surface area (Å²) in [5.74, 6) is 0.896. The van der Waals surface area contributed by atoms with Crippen molar-refractivity contribution in [3.63, 3.8) is 0 Å². The van der Waals surface area contributed by atoms with Gasteiger partial charge in [-0.15, -0.1) is 0 Å². The lowest BCUT2D eigenvalue weighted by Gasteiger charge is -2.36. The number of likely N-dealkylation sites (tertiary alicyclic amines) is 1. The minimum absolute atomic E-state index is 0.0281. The predicted molar refractivity (Wildman–Crippen MR) is 130 cm³/mol. The van der Waals surface area contributed by atoms with Crippen molar-refractivity contribution in [3.8, 4) is 12.1 Å². The van der Waals surface area contributed by atoms with Gasteiger partial charge in [-0.05, 0) is 44.5 Å². The summed E-state index contributed by atoms with van der Waals surface area (Å²) in [6, 6.07) is 11.7. The molecule has 3 aliphatic rings. The molecule has 0 spiro atoms. The summed E-state index contributed by atoms with van der Waals surface area (Å²) in [4.78, 5) is 14.4. The summed E-state index contributed by atoms with van der Waals surface area (Å²) >= 11 is 0. The molecule has 1 unspecified atom stereocenters. The number of aromatic nitrogens is 2. The Morgan fingerprint density at radius 2 is 2.15 bits per heavy atom. The molecule has 0 aliphatic carbocycles. The predicted octanol–water partition coefficient (Wildman–Crippen LogP) is 2.76. The molecular weight excluding hydrogens is 428 g/mol. The second-order valence-corrected chi connectivity index (χ2v) is 9.66. The molecule has 34 heavy (non-hydrogen) atoms. The van der Waals surface area contributed by atoms with Crippen molar-refractivity contribution in [2.45, 2.75) is 57.4 Å². The number of hydrogen-bond acceptors (Lipinski definition) is 8. The molecular formula is C26H34N6O2. The summed E-state index contributed by atoms with van der Waals surface area (Å²) in [6.07, 6.45) is 3.50. The van der Waals surface area contributed by atoms with Crippen LogP contribution in [0.15, 0.2) is 24.3 Å². The zero-order chi connectivity index (χ0) is 23.5. The van der Waals surface area contributed by atoms with Gasteiger partial charge in [0.1, 0.15) is 12.4 Å². The van der Waals surface area contributed by atoms with Gasteiger partial charge in [0.2, 0.25) is 0 Å². The monoisotopic (exact) mass is 462 g/mol. The Balaban J connectivity index is 1.43. The van der Waals surface area contributed by atoms with Gasteiger partial charge >= 0.3 is 6.01 Å². The van der Waals surface area contributed by atoms with Crippen molar-refractivity contribution in [3.05, 3.63) is 46.6 Å². The molecule has 5 rings (SSSR count). The second-order valence-electron chi connectivity index (χ2n) is 9.66. The number of nitrogens with one attached hydrogen (secondary N) is 1. The minimum atomic E-state index is -0.0281. The van der Waals surface area contributed by atoms with Crippen LogP contribution < -0.4 is 15.0 Å². The summed E-state index contributed by atoms with van der Waals surface area (Å²) in [5, 5.41) is 12.6. The molecule has 180 valence electrons. The molecule has 1 N–H and O–H groups in total. The zero-order valence-corrected chi connectivity index (χ0v) is 20.2. The second kappa shape index (κ2) is 10.3. The molecule has 8 heteroatoms. The number of rotatable bonds is 6. The molecule has 0 saturated carbocycles. The Hall–Kier alpha value is -2.73. The van der Waals surface area contributed by atoms with Crippen LogP contribution in [0.1, 0.15) is 47.8 Å². The molecule has 3 atom stereocenters. The minimum Gasteiger partial charge on any atom is -0.462 e. The molecule has 1 aromatic heterocycles. The normalized spacial score (nSPS) is 25.1. The number of nitriles is 1. The average Bonchev–Trinajstić information content (AvgIpc) is 3.27. The first-order valence-electron chi connectivity index (χ1n) is 12.4. The number of ether oxygens (including phenoxy) is 2. The summed E-state index contributed by atoms with van der Waals surface area (Å²) in [5.41, 5.74) is 4.49. The first kappa shape index (κ1) is 23.0. The summed E-state index contributed by atoms with van der Waals surface area (Å²) < 4.78 is 12.5. The van der Waals surface area contributed by atoms with E-state index in [2.05, 4.69) is 59.4 Å². The molecule has 4 heterocycles. The Morgan fingerprint density at radius 1 is 1.26 bits per heavy atom. The maximum absolute atomic E-state index is 9.19. The lowest BCUT2D eigenvalue weighted by atomic mass is 9.96. The number of piperazine rings is 1. The van der Waals surface area contributed by atoms with E-state index in [1.807, 2.05) is 0 Å². The van der Waals surface area contributed by atoms with Crippen LogP contribution in [0.3, 0.4) is 0 Å². The van der Waals surface area contributed by atoms with Crippen LogP contribution in [0.25, 0.3) is 0 Å². The molecule has 3 aliphatic heterocycles. The topological polar surface area (TPSA) is 86.5 Å². The lowest BCUT2D eigenvalue weighted by Crippen LogP contribution is -2.51. The van der Waals surface area contributed by atoms with Crippen molar-refractivity contribution >= 4 is 5.82 Å². The zero-order valence-electron chi connectivity index (χ0n) is 20.2. The Morgan fingerprint density at radius 3 is 2.94 bits per heavy atom. The van der Waals surface area contributed by atoms with Crippen molar-refractivity contribution < 1.29 is 9.47 Å². The van der Waals surface area contributed by atoms with Gasteiger partial charge in [0.05, 0.1) is 30.9 Å². The molecule has 0 radical (unpaired) electrons. The molecule has 2 aromatic rings. The number of fused-ring (bicyclic) bond motifs is 1. The number of anilines is 1. The molecule has 0 amide bonds. The number of benzene rings is 1. The van der Waals surface area contributed by atoms with E-state index in [1.165, 1.54) is 17.5 Å². The fraction of sp³-hybridized carbons (Fsp3) is 0.577. The van der Waals surface area contributed by atoms with Gasteiger partial charge in [-0.3, -0.25) is 0 Å². The van der Waals surface area contributed by atoms with Crippen LogP contribution in [0.4, 0.5) is 5.82 Å². The van der Waals surface area contributed by atoms with Crippen LogP contribution in [0, 0.1) is 18.3 Å². The van der Waals surface area contributed by atoms with Crippen molar-refractivity contribution in [2.24, 2.45) is 0 Å². The Kier molecular flexibility index (Phi) is 6.95. The number of aryl methyl sites for hydroxylation is 1. The highest BCUT2D eigenvalue weighted by Crippen LogP contribution is 2.36. The van der Waals surface area contributed by atoms with Crippen LogP contribution in [-0.2, 0) is 17.8 Å². The lowest BCUT2D eigenvalue weighted by molar-refractivity contribution is 0.0252. The van der Waals surface area contributed by atoms with E-state index in [-0.39, 0.29) is 12.1 Å². The van der Waals surface area contributed by atoms with Crippen molar-refractivity contribution in [2.75, 3.05) is 44.7 Å². The highest BCUT2D eigenvalue weighted by Gasteiger charge is 2.31. The highest BCUT2D eigenvalue weighted by atomic mass is 16.5. The first-order chi connectivity index (χ1) is 16.6. The fourth-order valence-electron chi connectivity index (χ4n) is 5.33. The Bertz CT molecular complexity index is 1050. The third-order valence-electron chi connectivity index (χ3n) is 7.36. The van der Waals surface area contributed by atoms with Gasteiger partial charge in [-0.25, -0.2) is 0 Å². The van der Waals surface area contributed by atoms with E-state index in [1.54, 1.807) is 0 Å². The third kappa shape index (κ3) is 4.88. The maximum atomic E-state index is 9.19. The van der Waals surface area contributed by atoms with Crippen LogP contribution >= 0.6 is 0 Å². The summed E-state index contributed by atoms with van der Waals surface area (Å²) in [7, 11) is 2.15. The smallest absolute Gasteiger partial charge is 0.318 e. The number of nitrogens with zero attached hydrogens (tertiary/aromatic N) is 5. The van der Waals surface area contributed by atoms with Gasteiger partial charge in [0, 0.05) is 43.7 Å². The molecule has 2 saturated heterocycles. The SMILES string of the molecule is Cc1ccccc1C1Cc2nc(OC[C@@H]3CCCN3C)nc(N3CCN[C@@H](CC#N)C3)c2CO1. The molecule has 1 aromatic carbocycles. The average molecular weight is 463 g/mol. The third-order valence-corrected chi connectivity index (χ3v) is 7.36. The molecule has 8 nitrogen and oxygen atoms in total. The van der Waals surface area contributed by atoms with E-state index in [0.29, 0.717) is 38.1 Å². The Labute approximate surface area is 201 Å². The fourth-order valence-corrected chi connectivity index (χ4v) is 5.33. The van der Waals surface area contributed by atoms with Gasteiger partial charge in [-0.1, -0.05) is 24.3 Å². The molecule has 0 bridgehead atoms. The quantitative estimate of drug-likeness (QED) is 0.701. The van der Waals surface area contributed by atoms with Gasteiger partial charge < -0.3 is 24.6 Å². The first-order valence-corrected chi connectivity index (χ1v) is 12.4. The van der Waals surface area contributed by atoms with E-state index < -0.39 is 0 Å². The van der Waals surface area contributed by atoms with E-state index in [9.17, 15) is 5.26 Å². The summed E-state index contributed by atoms with van der Waals surface area (Å²) in [6.45, 7) is 6.71. The van der Waals surface area contributed by atoms with Gasteiger partial charge in [0.25, 0.3) is 0 Å². The van der Waals surface area contributed by atoms with Crippen molar-refractivity contribution in [1.29, 1.82) is 5.26 Å². The van der Waals surface area contributed by atoms with E-state index in [0.717, 1.165) is 49.7 Å². The molecule has 2 fully saturated rings. The number of likely N-dealkylation sites (N-methyl/N-ethyl adjacent to an activating group) is 1. The largest absolute Gasteiger partial charge is 0.462 e. The van der Waals surface area contributed by atoms with Gasteiger partial charge in [-0.2, -0.15) is 15.2 Å². The van der Waals surface area contributed by atoms with Crippen LogP contribution in [0.2, 0.25) is 0 Å². The number of hydrogen-bond donors (Lipinski definition) is 1.